The lowest BCUT2D eigenvalue weighted by Crippen LogP contribution is -2.52. The fourth-order valence-electron chi connectivity index (χ4n) is 6.28. The molecule has 8 nitrogen and oxygen atoms in total. The lowest BCUT2D eigenvalue weighted by atomic mass is 9.79. The third kappa shape index (κ3) is 4.90. The first-order valence-corrected chi connectivity index (χ1v) is 13.0. The van der Waals surface area contributed by atoms with Crippen molar-refractivity contribution in [3.63, 3.8) is 0 Å². The summed E-state index contributed by atoms with van der Waals surface area (Å²) in [6, 6.07) is 18.2. The molecule has 0 spiro atoms. The van der Waals surface area contributed by atoms with Gasteiger partial charge in [-0.25, -0.2) is 4.79 Å². The summed E-state index contributed by atoms with van der Waals surface area (Å²) in [7, 11) is 0. The lowest BCUT2D eigenvalue weighted by molar-refractivity contribution is -0.139. The number of fused-ring (bicyclic) bond motifs is 3. The Morgan fingerprint density at radius 1 is 0.972 bits per heavy atom. The van der Waals surface area contributed by atoms with Crippen LogP contribution in [0.2, 0.25) is 0 Å². The Morgan fingerprint density at radius 3 is 2.53 bits per heavy atom. The van der Waals surface area contributed by atoms with Crippen LogP contribution < -0.4 is 16.0 Å². The number of likely N-dealkylation sites (tertiary alicyclic amines) is 1. The molecular weight excluding hydrogens is 456 g/mol. The Hall–Kier alpha value is -3.55. The van der Waals surface area contributed by atoms with E-state index in [0.29, 0.717) is 6.54 Å². The summed E-state index contributed by atoms with van der Waals surface area (Å²) in [6.07, 6.45) is 4.19. The van der Waals surface area contributed by atoms with Crippen LogP contribution in [0.3, 0.4) is 0 Å². The summed E-state index contributed by atoms with van der Waals surface area (Å²) >= 11 is 0. The van der Waals surface area contributed by atoms with Crippen LogP contribution in [0.1, 0.15) is 61.7 Å². The number of carbonyl (C=O) groups excluding carboxylic acids is 2. The number of carbonyl (C=O) groups is 3. The molecule has 2 aromatic carbocycles. The smallest absolute Gasteiger partial charge is 0.315 e. The molecule has 190 valence electrons. The highest BCUT2D eigenvalue weighted by Crippen LogP contribution is 2.51. The number of carboxylic acids is 1. The molecule has 5 atom stereocenters. The molecule has 2 aromatic rings. The second-order valence-corrected chi connectivity index (χ2v) is 10.1. The highest BCUT2D eigenvalue weighted by atomic mass is 16.4. The number of aliphatic carboxylic acids is 1. The van der Waals surface area contributed by atoms with Crippen molar-refractivity contribution >= 4 is 23.6 Å². The van der Waals surface area contributed by atoms with Crippen LogP contribution >= 0.6 is 0 Å². The molecule has 4 N–H and O–H groups in total. The first-order valence-electron chi connectivity index (χ1n) is 13.0. The molecule has 1 aliphatic carbocycles. The number of nitrogens with one attached hydrogen (secondary N) is 3. The fraction of sp³-hybridized carbons (Fsp3) is 0.464. The Bertz CT molecular complexity index is 1110. The van der Waals surface area contributed by atoms with E-state index in [0.717, 1.165) is 43.4 Å². The maximum Gasteiger partial charge on any atom is 0.315 e. The van der Waals surface area contributed by atoms with Crippen LogP contribution in [-0.4, -0.2) is 47.0 Å². The van der Waals surface area contributed by atoms with Gasteiger partial charge in [0.05, 0.1) is 24.4 Å². The van der Waals surface area contributed by atoms with Gasteiger partial charge in [0.25, 0.3) is 0 Å². The van der Waals surface area contributed by atoms with E-state index in [2.05, 4.69) is 57.2 Å². The van der Waals surface area contributed by atoms with E-state index in [4.69, 9.17) is 5.11 Å². The number of amides is 3. The van der Waals surface area contributed by atoms with Crippen molar-refractivity contribution in [1.29, 1.82) is 0 Å². The van der Waals surface area contributed by atoms with Crippen LogP contribution in [-0.2, 0) is 9.59 Å². The highest BCUT2D eigenvalue weighted by Gasteiger charge is 2.48. The first-order chi connectivity index (χ1) is 17.5. The zero-order valence-electron chi connectivity index (χ0n) is 20.4. The van der Waals surface area contributed by atoms with Gasteiger partial charge >= 0.3 is 12.0 Å². The minimum atomic E-state index is -0.958. The molecular formula is C28H34N4O4. The predicted molar refractivity (Wildman–Crippen MR) is 136 cm³/mol. The molecule has 2 aliphatic heterocycles. The van der Waals surface area contributed by atoms with Gasteiger partial charge in [-0.05, 0) is 36.5 Å². The standard InChI is InChI=1S/C28H34N4O4/c33-24(34)14-16-29-28(36)31-23-13-7-5-11-20(23)27(35)32-17-15-21-25(18-8-2-1-3-9-18)30-22-12-6-4-10-19(22)26(21)32/h1-4,6,8-10,12,20-21,23,25-26,30H,5,7,11,13-17H2,(H,33,34)(H2,29,31,36)/t20-,21-,23+,25-,26-/m0/s1. The van der Waals surface area contributed by atoms with Crippen LogP contribution in [0.25, 0.3) is 0 Å². The zero-order chi connectivity index (χ0) is 25.1. The van der Waals surface area contributed by atoms with Gasteiger partial charge in [0.15, 0.2) is 0 Å². The molecule has 2 fully saturated rings. The second-order valence-electron chi connectivity index (χ2n) is 10.1. The van der Waals surface area contributed by atoms with Gasteiger partial charge in [0.1, 0.15) is 0 Å². The molecule has 8 heteroatoms. The Labute approximate surface area is 211 Å². The predicted octanol–water partition coefficient (Wildman–Crippen LogP) is 4.08. The van der Waals surface area contributed by atoms with Crippen molar-refractivity contribution in [3.8, 4) is 0 Å². The topological polar surface area (TPSA) is 111 Å². The van der Waals surface area contributed by atoms with E-state index in [1.165, 1.54) is 5.56 Å². The van der Waals surface area contributed by atoms with Crippen LogP contribution in [0.5, 0.6) is 0 Å². The maximum atomic E-state index is 14.1. The van der Waals surface area contributed by atoms with E-state index in [-0.39, 0.29) is 48.8 Å². The number of urea groups is 1. The SMILES string of the molecule is O=C(O)CCNC(=O)N[C@@H]1CCCC[C@@H]1C(=O)N1CC[C@H]2[C@H](c3ccccc3)Nc3ccccc3[C@@H]21. The number of benzene rings is 2. The highest BCUT2D eigenvalue weighted by molar-refractivity contribution is 5.83. The Kier molecular flexibility index (Phi) is 7.11. The molecule has 0 radical (unpaired) electrons. The largest absolute Gasteiger partial charge is 0.481 e. The van der Waals surface area contributed by atoms with Gasteiger partial charge in [-0.2, -0.15) is 0 Å². The van der Waals surface area contributed by atoms with Crippen LogP contribution in [0.4, 0.5) is 10.5 Å². The average molecular weight is 491 g/mol. The van der Waals surface area contributed by atoms with Crippen molar-refractivity contribution in [3.05, 3.63) is 65.7 Å². The van der Waals surface area contributed by atoms with Crippen molar-refractivity contribution in [1.82, 2.24) is 15.5 Å². The molecule has 3 aliphatic rings. The summed E-state index contributed by atoms with van der Waals surface area (Å²) in [5.74, 6) is -0.859. The minimum Gasteiger partial charge on any atom is -0.481 e. The summed E-state index contributed by atoms with van der Waals surface area (Å²) in [6.45, 7) is 0.759. The Morgan fingerprint density at radius 2 is 1.72 bits per heavy atom. The number of para-hydroxylation sites is 1. The molecule has 0 aromatic heterocycles. The van der Waals surface area contributed by atoms with Crippen molar-refractivity contribution in [2.45, 2.75) is 56.7 Å². The van der Waals surface area contributed by atoms with Crippen molar-refractivity contribution in [2.24, 2.45) is 11.8 Å². The molecule has 36 heavy (non-hydrogen) atoms. The van der Waals surface area contributed by atoms with Gasteiger partial charge in [-0.3, -0.25) is 9.59 Å². The molecule has 1 saturated carbocycles. The summed E-state index contributed by atoms with van der Waals surface area (Å²) in [5, 5.41) is 18.1. The van der Waals surface area contributed by atoms with Crippen molar-refractivity contribution in [2.75, 3.05) is 18.4 Å². The Balaban J connectivity index is 1.36. The number of nitrogens with zero attached hydrogens (tertiary/aromatic N) is 1. The minimum absolute atomic E-state index is 0.00729. The van der Waals surface area contributed by atoms with Crippen LogP contribution in [0, 0.1) is 11.8 Å². The van der Waals surface area contributed by atoms with E-state index in [1.807, 2.05) is 18.2 Å². The monoisotopic (exact) mass is 490 g/mol. The first kappa shape index (κ1) is 24.2. The van der Waals surface area contributed by atoms with E-state index >= 15 is 0 Å². The van der Waals surface area contributed by atoms with Crippen molar-refractivity contribution < 1.29 is 19.5 Å². The third-order valence-electron chi connectivity index (χ3n) is 7.93. The fourth-order valence-corrected chi connectivity index (χ4v) is 6.28. The summed E-state index contributed by atoms with van der Waals surface area (Å²) < 4.78 is 0. The molecule has 2 heterocycles. The van der Waals surface area contributed by atoms with Gasteiger partial charge < -0.3 is 26.0 Å². The van der Waals surface area contributed by atoms with E-state index < -0.39 is 12.0 Å². The molecule has 0 bridgehead atoms. The normalized spacial score (nSPS) is 26.8. The third-order valence-corrected chi connectivity index (χ3v) is 7.93. The summed E-state index contributed by atoms with van der Waals surface area (Å²) in [4.78, 5) is 39.3. The number of hydrogen-bond donors (Lipinski definition) is 4. The van der Waals surface area contributed by atoms with Crippen LogP contribution in [0.15, 0.2) is 54.6 Å². The van der Waals surface area contributed by atoms with Gasteiger partial charge in [0, 0.05) is 30.7 Å². The molecule has 0 unspecified atom stereocenters. The number of rotatable bonds is 6. The summed E-state index contributed by atoms with van der Waals surface area (Å²) in [5.41, 5.74) is 3.46. The lowest BCUT2D eigenvalue weighted by Gasteiger charge is -2.42. The van der Waals surface area contributed by atoms with Gasteiger partial charge in [-0.1, -0.05) is 61.4 Å². The molecule has 3 amide bonds. The molecule has 1 saturated heterocycles. The maximum absolute atomic E-state index is 14.1. The second kappa shape index (κ2) is 10.6. The zero-order valence-corrected chi connectivity index (χ0v) is 20.4. The molecule has 5 rings (SSSR count). The number of carboxylic acid groups (broad SMARTS) is 1. The van der Waals surface area contributed by atoms with Gasteiger partial charge in [0.2, 0.25) is 5.91 Å². The number of anilines is 1. The van der Waals surface area contributed by atoms with Gasteiger partial charge in [-0.15, -0.1) is 0 Å². The van der Waals surface area contributed by atoms with E-state index in [1.54, 1.807) is 0 Å². The average Bonchev–Trinajstić information content (AvgIpc) is 3.34. The number of hydrogen-bond acceptors (Lipinski definition) is 4. The van der Waals surface area contributed by atoms with E-state index in [9.17, 15) is 14.4 Å². The quantitative estimate of drug-likeness (QED) is 0.488.